The summed E-state index contributed by atoms with van der Waals surface area (Å²) in [5.74, 6) is -0.893. The molecule has 1 aromatic rings. The van der Waals surface area contributed by atoms with Gasteiger partial charge in [0.2, 0.25) is 4.62 Å². The summed E-state index contributed by atoms with van der Waals surface area (Å²) >= 11 is 2.96. The summed E-state index contributed by atoms with van der Waals surface area (Å²) in [6.07, 6.45) is 0. The van der Waals surface area contributed by atoms with Gasteiger partial charge in [-0.3, -0.25) is 5.43 Å². The van der Waals surface area contributed by atoms with Crippen molar-refractivity contribution in [1.82, 2.24) is 0 Å². The monoisotopic (exact) mass is 288 g/mol. The molecular weight excluding hydrogens is 279 g/mol. The average Bonchev–Trinajstić information content (AvgIpc) is 2.28. The first kappa shape index (κ1) is 12.6. The normalized spacial score (nSPS) is 11.1. The Morgan fingerprint density at radius 1 is 1.50 bits per heavy atom. The molecule has 0 amide bonds. The molecule has 0 atom stereocenters. The van der Waals surface area contributed by atoms with Crippen LogP contribution in [0.1, 0.15) is 6.92 Å². The van der Waals surface area contributed by atoms with Gasteiger partial charge in [-0.15, -0.1) is 0 Å². The van der Waals surface area contributed by atoms with E-state index in [1.54, 1.807) is 6.92 Å². The third kappa shape index (κ3) is 3.98. The summed E-state index contributed by atoms with van der Waals surface area (Å²) in [7, 11) is 0. The van der Waals surface area contributed by atoms with Crippen molar-refractivity contribution in [2.45, 2.75) is 6.92 Å². The minimum absolute atomic E-state index is 0.0266. The Kier molecular flexibility index (Phi) is 4.91. The second kappa shape index (κ2) is 6.22. The molecule has 0 saturated carbocycles. The number of halogens is 2. The van der Waals surface area contributed by atoms with Crippen molar-refractivity contribution in [1.29, 1.82) is 0 Å². The Balaban J connectivity index is 2.58. The standard InChI is InChI=1S/C10H10BrFN2O2/c1-2-16-10(15)9(11)14-13-8-5-3-7(12)4-6-8/h3-6,13H,2H2,1H3/b14-9+. The quantitative estimate of drug-likeness (QED) is 0.526. The molecule has 0 heterocycles. The zero-order chi connectivity index (χ0) is 12.0. The summed E-state index contributed by atoms with van der Waals surface area (Å²) in [5.41, 5.74) is 3.16. The fraction of sp³-hybridized carbons (Fsp3) is 0.200. The summed E-state index contributed by atoms with van der Waals surface area (Å²) in [4.78, 5) is 11.1. The highest BCUT2D eigenvalue weighted by Gasteiger charge is 2.07. The summed E-state index contributed by atoms with van der Waals surface area (Å²) < 4.78 is 17.3. The number of anilines is 1. The number of hydrazone groups is 1. The van der Waals surface area contributed by atoms with Gasteiger partial charge in [0, 0.05) is 0 Å². The molecule has 0 bridgehead atoms. The van der Waals surface area contributed by atoms with E-state index in [9.17, 15) is 9.18 Å². The molecule has 0 spiro atoms. The lowest BCUT2D eigenvalue weighted by Crippen LogP contribution is -2.12. The smallest absolute Gasteiger partial charge is 0.366 e. The molecule has 0 fully saturated rings. The van der Waals surface area contributed by atoms with Gasteiger partial charge in [-0.1, -0.05) is 0 Å². The zero-order valence-electron chi connectivity index (χ0n) is 8.54. The van der Waals surface area contributed by atoms with Crippen molar-refractivity contribution < 1.29 is 13.9 Å². The molecule has 16 heavy (non-hydrogen) atoms. The van der Waals surface area contributed by atoms with E-state index < -0.39 is 5.97 Å². The van der Waals surface area contributed by atoms with E-state index >= 15 is 0 Å². The molecule has 1 aromatic carbocycles. The lowest BCUT2D eigenvalue weighted by atomic mass is 10.3. The first-order valence-corrected chi connectivity index (χ1v) is 5.34. The van der Waals surface area contributed by atoms with Crippen LogP contribution < -0.4 is 5.43 Å². The predicted octanol–water partition coefficient (Wildman–Crippen LogP) is 2.51. The molecule has 0 aliphatic heterocycles. The van der Waals surface area contributed by atoms with Crippen LogP contribution in [0.15, 0.2) is 29.4 Å². The van der Waals surface area contributed by atoms with Crippen LogP contribution >= 0.6 is 15.9 Å². The largest absolute Gasteiger partial charge is 0.461 e. The minimum atomic E-state index is -0.558. The maximum atomic E-state index is 12.6. The summed E-state index contributed by atoms with van der Waals surface area (Å²) in [6, 6.07) is 5.58. The Morgan fingerprint density at radius 2 is 2.12 bits per heavy atom. The van der Waals surface area contributed by atoms with Crippen molar-refractivity contribution in [3.63, 3.8) is 0 Å². The molecule has 0 unspecified atom stereocenters. The van der Waals surface area contributed by atoms with Gasteiger partial charge in [0.15, 0.2) is 0 Å². The fourth-order valence-electron chi connectivity index (χ4n) is 0.874. The number of rotatable bonds is 4. The number of hydrogen-bond acceptors (Lipinski definition) is 4. The van der Waals surface area contributed by atoms with Gasteiger partial charge in [-0.25, -0.2) is 9.18 Å². The Labute approximate surface area is 101 Å². The third-order valence-electron chi connectivity index (χ3n) is 1.57. The Morgan fingerprint density at radius 3 is 2.69 bits per heavy atom. The second-order valence-corrected chi connectivity index (χ2v) is 3.49. The molecule has 86 valence electrons. The number of esters is 1. The van der Waals surface area contributed by atoms with E-state index in [4.69, 9.17) is 4.74 Å². The van der Waals surface area contributed by atoms with Crippen LogP contribution in [0.3, 0.4) is 0 Å². The van der Waals surface area contributed by atoms with Gasteiger partial charge < -0.3 is 4.74 Å². The van der Waals surface area contributed by atoms with Crippen molar-refractivity contribution >= 4 is 32.2 Å². The van der Waals surface area contributed by atoms with E-state index in [0.717, 1.165) is 0 Å². The lowest BCUT2D eigenvalue weighted by Gasteiger charge is -2.01. The van der Waals surface area contributed by atoms with E-state index in [1.165, 1.54) is 24.3 Å². The van der Waals surface area contributed by atoms with E-state index in [-0.39, 0.29) is 17.0 Å². The van der Waals surface area contributed by atoms with E-state index in [1.807, 2.05) is 0 Å². The Hall–Kier alpha value is -1.43. The average molecular weight is 289 g/mol. The maximum absolute atomic E-state index is 12.6. The van der Waals surface area contributed by atoms with Crippen LogP contribution in [0, 0.1) is 5.82 Å². The highest BCUT2D eigenvalue weighted by Crippen LogP contribution is 2.08. The molecule has 0 aliphatic carbocycles. The van der Waals surface area contributed by atoms with Crippen molar-refractivity contribution in [3.05, 3.63) is 30.1 Å². The van der Waals surface area contributed by atoms with E-state index in [2.05, 4.69) is 26.5 Å². The van der Waals surface area contributed by atoms with Crippen LogP contribution in [0.4, 0.5) is 10.1 Å². The van der Waals surface area contributed by atoms with Gasteiger partial charge in [0.05, 0.1) is 12.3 Å². The molecule has 0 aromatic heterocycles. The highest BCUT2D eigenvalue weighted by molar-refractivity contribution is 9.19. The number of nitrogens with zero attached hydrogens (tertiary/aromatic N) is 1. The zero-order valence-corrected chi connectivity index (χ0v) is 10.1. The number of carbonyl (C=O) groups is 1. The number of benzene rings is 1. The number of carbonyl (C=O) groups excluding carboxylic acids is 1. The number of ether oxygens (including phenoxy) is 1. The van der Waals surface area contributed by atoms with Crippen molar-refractivity contribution in [2.75, 3.05) is 12.0 Å². The van der Waals surface area contributed by atoms with Crippen molar-refractivity contribution in [3.8, 4) is 0 Å². The number of hydrogen-bond donors (Lipinski definition) is 1. The fourth-order valence-corrected chi connectivity index (χ4v) is 1.08. The second-order valence-electron chi connectivity index (χ2n) is 2.74. The SMILES string of the molecule is CCOC(=O)/C(Br)=N\Nc1ccc(F)cc1. The molecule has 0 aliphatic rings. The first-order valence-electron chi connectivity index (χ1n) is 4.55. The van der Waals surface area contributed by atoms with Crippen LogP contribution in [0.5, 0.6) is 0 Å². The molecule has 0 saturated heterocycles. The van der Waals surface area contributed by atoms with Crippen molar-refractivity contribution in [2.24, 2.45) is 5.10 Å². The van der Waals surface area contributed by atoms with Gasteiger partial charge >= 0.3 is 5.97 Å². The summed E-state index contributed by atoms with van der Waals surface area (Å²) in [6.45, 7) is 1.98. The minimum Gasteiger partial charge on any atom is -0.461 e. The first-order chi connectivity index (χ1) is 7.63. The highest BCUT2D eigenvalue weighted by atomic mass is 79.9. The molecule has 1 rings (SSSR count). The topological polar surface area (TPSA) is 50.7 Å². The molecule has 0 radical (unpaired) electrons. The predicted molar refractivity (Wildman–Crippen MR) is 63.0 cm³/mol. The third-order valence-corrected chi connectivity index (χ3v) is 2.07. The summed E-state index contributed by atoms with van der Waals surface area (Å²) in [5, 5.41) is 3.73. The van der Waals surface area contributed by atoms with Gasteiger partial charge in [-0.05, 0) is 47.1 Å². The Bertz CT molecular complexity index is 392. The van der Waals surface area contributed by atoms with Gasteiger partial charge in [0.1, 0.15) is 5.82 Å². The van der Waals surface area contributed by atoms with Crippen LogP contribution in [0.25, 0.3) is 0 Å². The molecule has 4 nitrogen and oxygen atoms in total. The van der Waals surface area contributed by atoms with Crippen LogP contribution in [-0.2, 0) is 9.53 Å². The molecular formula is C10H10BrFN2O2. The van der Waals surface area contributed by atoms with Gasteiger partial charge in [-0.2, -0.15) is 5.10 Å². The van der Waals surface area contributed by atoms with E-state index in [0.29, 0.717) is 5.69 Å². The maximum Gasteiger partial charge on any atom is 0.366 e. The lowest BCUT2D eigenvalue weighted by molar-refractivity contribution is -0.134. The van der Waals surface area contributed by atoms with Crippen LogP contribution in [0.2, 0.25) is 0 Å². The van der Waals surface area contributed by atoms with Crippen LogP contribution in [-0.4, -0.2) is 17.2 Å². The number of nitrogens with one attached hydrogen (secondary N) is 1. The van der Waals surface area contributed by atoms with Gasteiger partial charge in [0.25, 0.3) is 0 Å². The molecule has 6 heteroatoms. The molecule has 1 N–H and O–H groups in total.